The van der Waals surface area contributed by atoms with E-state index in [1.807, 2.05) is 18.7 Å². The van der Waals surface area contributed by atoms with Crippen LogP contribution in [0, 0.1) is 13.8 Å². The lowest BCUT2D eigenvalue weighted by Gasteiger charge is -2.03. The number of benzene rings is 2. The van der Waals surface area contributed by atoms with Gasteiger partial charge in [0.1, 0.15) is 5.82 Å². The van der Waals surface area contributed by atoms with Gasteiger partial charge in [-0.05, 0) is 36.8 Å². The van der Waals surface area contributed by atoms with Gasteiger partial charge in [0.25, 0.3) is 0 Å². The van der Waals surface area contributed by atoms with E-state index in [1.54, 1.807) is 0 Å². The summed E-state index contributed by atoms with van der Waals surface area (Å²) >= 11 is 1.83. The van der Waals surface area contributed by atoms with Crippen LogP contribution in [0.2, 0.25) is 0 Å². The molecule has 2 nitrogen and oxygen atoms in total. The molecule has 0 fully saturated rings. The Balaban J connectivity index is 1.80. The number of rotatable bonds is 3. The van der Waals surface area contributed by atoms with Gasteiger partial charge >= 0.3 is 0 Å². The Kier molecular flexibility index (Phi) is 3.30. The lowest BCUT2D eigenvalue weighted by Crippen LogP contribution is -1.84. The highest BCUT2D eigenvalue weighted by Gasteiger charge is 2.05. The van der Waals surface area contributed by atoms with Gasteiger partial charge in [-0.25, -0.2) is 4.98 Å². The first-order valence-electron chi connectivity index (χ1n) is 6.36. The molecule has 3 rings (SSSR count). The van der Waals surface area contributed by atoms with Crippen molar-refractivity contribution in [2.75, 3.05) is 0 Å². The minimum atomic E-state index is 0.911. The predicted octanol–water partition coefficient (Wildman–Crippen LogP) is 4.47. The van der Waals surface area contributed by atoms with Crippen LogP contribution in [0.4, 0.5) is 0 Å². The Bertz CT molecular complexity index is 716. The molecule has 2 aromatic carbocycles. The summed E-state index contributed by atoms with van der Waals surface area (Å²) in [5, 5.41) is 2.58. The summed E-state index contributed by atoms with van der Waals surface area (Å²) in [4.78, 5) is 9.05. The molecule has 0 amide bonds. The molecule has 0 atom stereocenters. The normalized spacial score (nSPS) is 11.1. The second kappa shape index (κ2) is 5.10. The molecule has 1 aromatic heterocycles. The molecule has 0 unspecified atom stereocenters. The van der Waals surface area contributed by atoms with Crippen LogP contribution in [0.15, 0.2) is 47.4 Å². The summed E-state index contributed by atoms with van der Waals surface area (Å²) in [6.07, 6.45) is 0. The Hall–Kier alpha value is -1.74. The van der Waals surface area contributed by atoms with Crippen LogP contribution in [0.25, 0.3) is 10.8 Å². The van der Waals surface area contributed by atoms with E-state index >= 15 is 0 Å². The summed E-state index contributed by atoms with van der Waals surface area (Å²) < 4.78 is 0. The predicted molar refractivity (Wildman–Crippen MR) is 81.6 cm³/mol. The van der Waals surface area contributed by atoms with Gasteiger partial charge in [0.2, 0.25) is 0 Å². The quantitative estimate of drug-likeness (QED) is 0.710. The number of aromatic amines is 1. The summed E-state index contributed by atoms with van der Waals surface area (Å²) in [6.45, 7) is 4.08. The number of hydrogen-bond donors (Lipinski definition) is 1. The van der Waals surface area contributed by atoms with Crippen LogP contribution in [-0.4, -0.2) is 9.97 Å². The second-order valence-corrected chi connectivity index (χ2v) is 5.74. The smallest absolute Gasteiger partial charge is 0.103 e. The minimum absolute atomic E-state index is 0.911. The zero-order chi connectivity index (χ0) is 13.2. The van der Waals surface area contributed by atoms with Gasteiger partial charge in [-0.1, -0.05) is 30.3 Å². The van der Waals surface area contributed by atoms with Gasteiger partial charge in [0.15, 0.2) is 0 Å². The number of thioether (sulfide) groups is 1. The topological polar surface area (TPSA) is 28.7 Å². The van der Waals surface area contributed by atoms with Gasteiger partial charge in [0, 0.05) is 16.3 Å². The molecule has 3 heteroatoms. The Morgan fingerprint density at radius 2 is 1.84 bits per heavy atom. The highest BCUT2D eigenvalue weighted by atomic mass is 32.2. The van der Waals surface area contributed by atoms with E-state index in [9.17, 15) is 0 Å². The van der Waals surface area contributed by atoms with E-state index in [0.29, 0.717) is 0 Å². The summed E-state index contributed by atoms with van der Waals surface area (Å²) in [5.74, 6) is 1.90. The average molecular weight is 268 g/mol. The minimum Gasteiger partial charge on any atom is -0.346 e. The fourth-order valence-corrected chi connectivity index (χ4v) is 3.17. The van der Waals surface area contributed by atoms with Crippen molar-refractivity contribution in [3.8, 4) is 0 Å². The van der Waals surface area contributed by atoms with E-state index in [1.165, 1.54) is 21.4 Å². The molecule has 0 spiro atoms. The Morgan fingerprint density at radius 1 is 1.05 bits per heavy atom. The van der Waals surface area contributed by atoms with Crippen LogP contribution in [-0.2, 0) is 5.75 Å². The van der Waals surface area contributed by atoms with Gasteiger partial charge in [-0.3, -0.25) is 0 Å². The number of nitrogens with one attached hydrogen (secondary N) is 1. The van der Waals surface area contributed by atoms with Crippen LogP contribution in [0.5, 0.6) is 0 Å². The Labute approximate surface area is 117 Å². The maximum absolute atomic E-state index is 4.51. The molecule has 0 saturated carbocycles. The number of nitrogens with zero attached hydrogens (tertiary/aromatic N) is 1. The maximum Gasteiger partial charge on any atom is 0.103 e. The summed E-state index contributed by atoms with van der Waals surface area (Å²) in [6, 6.07) is 15.1. The number of aromatic nitrogens is 2. The van der Waals surface area contributed by atoms with Crippen LogP contribution in [0.1, 0.15) is 17.2 Å². The van der Waals surface area contributed by atoms with Gasteiger partial charge < -0.3 is 4.98 Å². The molecule has 1 heterocycles. The van der Waals surface area contributed by atoms with Crippen molar-refractivity contribution in [3.63, 3.8) is 0 Å². The third-order valence-corrected chi connectivity index (χ3v) is 4.21. The van der Waals surface area contributed by atoms with Gasteiger partial charge in [0.05, 0.1) is 5.69 Å². The number of hydrogen-bond acceptors (Lipinski definition) is 2. The molecule has 3 aromatic rings. The first-order chi connectivity index (χ1) is 9.22. The first-order valence-corrected chi connectivity index (χ1v) is 7.34. The zero-order valence-corrected chi connectivity index (χ0v) is 11.9. The molecule has 0 aliphatic rings. The lowest BCUT2D eigenvalue weighted by molar-refractivity contribution is 1.12. The molecule has 19 heavy (non-hydrogen) atoms. The van der Waals surface area contributed by atoms with Crippen molar-refractivity contribution < 1.29 is 0 Å². The molecule has 0 radical (unpaired) electrons. The largest absolute Gasteiger partial charge is 0.346 e. The summed E-state index contributed by atoms with van der Waals surface area (Å²) in [5.41, 5.74) is 2.32. The standard InChI is InChI=1S/C16H16N2S/c1-11-16(18-12(2)17-11)10-19-15-8-7-13-5-3-4-6-14(13)9-15/h3-9H,10H2,1-2H3,(H,17,18). The van der Waals surface area contributed by atoms with Gasteiger partial charge in [-0.15, -0.1) is 11.8 Å². The number of imidazole rings is 1. The van der Waals surface area contributed by atoms with E-state index in [0.717, 1.165) is 17.3 Å². The van der Waals surface area contributed by atoms with Gasteiger partial charge in [-0.2, -0.15) is 0 Å². The van der Waals surface area contributed by atoms with Crippen LogP contribution >= 0.6 is 11.8 Å². The number of fused-ring (bicyclic) bond motifs is 1. The molecular weight excluding hydrogens is 252 g/mol. The first kappa shape index (κ1) is 12.3. The van der Waals surface area contributed by atoms with Crippen molar-refractivity contribution in [2.24, 2.45) is 0 Å². The monoisotopic (exact) mass is 268 g/mol. The third-order valence-electron chi connectivity index (χ3n) is 3.20. The maximum atomic E-state index is 4.51. The van der Waals surface area contributed by atoms with Crippen molar-refractivity contribution in [3.05, 3.63) is 59.7 Å². The fourth-order valence-electron chi connectivity index (χ4n) is 2.21. The average Bonchev–Trinajstić information content (AvgIpc) is 2.74. The highest BCUT2D eigenvalue weighted by molar-refractivity contribution is 7.98. The van der Waals surface area contributed by atoms with Crippen molar-refractivity contribution in [2.45, 2.75) is 24.5 Å². The molecular formula is C16H16N2S. The zero-order valence-electron chi connectivity index (χ0n) is 11.1. The molecule has 0 aliphatic heterocycles. The van der Waals surface area contributed by atoms with Crippen LogP contribution in [0.3, 0.4) is 0 Å². The second-order valence-electron chi connectivity index (χ2n) is 4.69. The highest BCUT2D eigenvalue weighted by Crippen LogP contribution is 2.26. The number of aryl methyl sites for hydroxylation is 2. The van der Waals surface area contributed by atoms with Crippen molar-refractivity contribution in [1.82, 2.24) is 9.97 Å². The molecule has 0 bridgehead atoms. The lowest BCUT2D eigenvalue weighted by atomic mass is 10.1. The Morgan fingerprint density at radius 3 is 2.58 bits per heavy atom. The molecule has 96 valence electrons. The van der Waals surface area contributed by atoms with E-state index in [-0.39, 0.29) is 0 Å². The summed E-state index contributed by atoms with van der Waals surface area (Å²) in [7, 11) is 0. The van der Waals surface area contributed by atoms with E-state index in [2.05, 4.69) is 59.4 Å². The fraction of sp³-hybridized carbons (Fsp3) is 0.188. The molecule has 0 aliphatic carbocycles. The van der Waals surface area contributed by atoms with E-state index in [4.69, 9.17) is 0 Å². The molecule has 0 saturated heterocycles. The van der Waals surface area contributed by atoms with E-state index < -0.39 is 0 Å². The number of H-pyrrole nitrogens is 1. The van der Waals surface area contributed by atoms with Crippen LogP contribution < -0.4 is 0 Å². The SMILES string of the molecule is Cc1nc(CSc2ccc3ccccc3c2)c(C)[nH]1. The third kappa shape index (κ3) is 2.66. The van der Waals surface area contributed by atoms with Crippen molar-refractivity contribution in [1.29, 1.82) is 0 Å². The molecule has 1 N–H and O–H groups in total. The van der Waals surface area contributed by atoms with Crippen molar-refractivity contribution >= 4 is 22.5 Å².